The molecule has 11 heteroatoms. The standard InChI is InChI=1S/C27H27FN6O4/c1-31-6-7-33(27(31)37)22-14-20(32-8-10-38-11-9-32)16-34-25(22)30-23(24(35)26(34)36)21-13-18(15-29-21)12-17-2-4-19(28)5-3-17/h2-5,14-16,35H,6-13H2,1H3. The highest BCUT2D eigenvalue weighted by Crippen LogP contribution is 2.31. The van der Waals surface area contributed by atoms with Gasteiger partial charge < -0.3 is 19.6 Å². The number of morpholine rings is 1. The number of hydrogen-bond acceptors (Lipinski definition) is 7. The number of aromatic hydroxyl groups is 1. The van der Waals surface area contributed by atoms with Crippen LogP contribution in [0.3, 0.4) is 0 Å². The zero-order valence-corrected chi connectivity index (χ0v) is 20.9. The normalized spacial score (nSPS) is 17.9. The fourth-order valence-electron chi connectivity index (χ4n) is 5.06. The summed E-state index contributed by atoms with van der Waals surface area (Å²) in [6.07, 6.45) is 4.30. The Balaban J connectivity index is 1.40. The molecule has 0 atom stereocenters. The van der Waals surface area contributed by atoms with Gasteiger partial charge in [-0.2, -0.15) is 0 Å². The largest absolute Gasteiger partial charge is 0.501 e. The van der Waals surface area contributed by atoms with E-state index in [-0.39, 0.29) is 23.2 Å². The topological polar surface area (TPSA) is 103 Å². The van der Waals surface area contributed by atoms with Gasteiger partial charge in [0.25, 0.3) is 0 Å². The van der Waals surface area contributed by atoms with E-state index in [1.807, 2.05) is 6.07 Å². The van der Waals surface area contributed by atoms with Crippen LogP contribution >= 0.6 is 0 Å². The van der Waals surface area contributed by atoms with Crippen molar-refractivity contribution in [1.82, 2.24) is 14.3 Å². The van der Waals surface area contributed by atoms with Gasteiger partial charge in [-0.05, 0) is 35.8 Å². The van der Waals surface area contributed by atoms with E-state index in [0.29, 0.717) is 63.6 Å². The van der Waals surface area contributed by atoms with Crippen LogP contribution in [0.25, 0.3) is 5.65 Å². The van der Waals surface area contributed by atoms with Crippen LogP contribution in [-0.2, 0) is 11.2 Å². The van der Waals surface area contributed by atoms with Gasteiger partial charge >= 0.3 is 11.6 Å². The molecule has 0 bridgehead atoms. The van der Waals surface area contributed by atoms with Crippen LogP contribution in [0.2, 0.25) is 0 Å². The zero-order chi connectivity index (χ0) is 26.4. The Morgan fingerprint density at radius 2 is 1.84 bits per heavy atom. The molecule has 0 aliphatic carbocycles. The molecule has 38 heavy (non-hydrogen) atoms. The van der Waals surface area contributed by atoms with Crippen molar-refractivity contribution in [3.8, 4) is 5.75 Å². The molecule has 3 aromatic rings. The van der Waals surface area contributed by atoms with Gasteiger partial charge in [-0.1, -0.05) is 12.1 Å². The van der Waals surface area contributed by atoms with Gasteiger partial charge in [0.15, 0.2) is 5.65 Å². The van der Waals surface area contributed by atoms with Crippen molar-refractivity contribution in [2.75, 3.05) is 56.2 Å². The quantitative estimate of drug-likeness (QED) is 0.557. The number of urea groups is 1. The molecular formula is C27H27FN6O4. The Labute approximate surface area is 217 Å². The van der Waals surface area contributed by atoms with Crippen LogP contribution in [0.1, 0.15) is 17.7 Å². The molecule has 10 nitrogen and oxygen atoms in total. The van der Waals surface area contributed by atoms with E-state index in [9.17, 15) is 19.1 Å². The molecule has 0 unspecified atom stereocenters. The molecule has 6 rings (SSSR count). The number of ether oxygens (including phenoxy) is 1. The Morgan fingerprint density at radius 1 is 1.08 bits per heavy atom. The number of pyridine rings is 1. The van der Waals surface area contributed by atoms with Gasteiger partial charge in [-0.3, -0.25) is 19.1 Å². The van der Waals surface area contributed by atoms with E-state index in [4.69, 9.17) is 9.72 Å². The molecular weight excluding hydrogens is 491 g/mol. The first-order chi connectivity index (χ1) is 18.4. The number of allylic oxidation sites excluding steroid dienone is 1. The summed E-state index contributed by atoms with van der Waals surface area (Å²) in [5.41, 5.74) is 3.34. The second-order valence-electron chi connectivity index (χ2n) is 9.69. The highest BCUT2D eigenvalue weighted by atomic mass is 19.1. The van der Waals surface area contributed by atoms with Crippen molar-refractivity contribution < 1.29 is 19.0 Å². The Kier molecular flexibility index (Phi) is 6.07. The second-order valence-corrected chi connectivity index (χ2v) is 9.69. The maximum Gasteiger partial charge on any atom is 0.324 e. The third kappa shape index (κ3) is 4.28. The minimum absolute atomic E-state index is 0.0979. The monoisotopic (exact) mass is 518 g/mol. The number of anilines is 2. The number of aliphatic imine (C=N–C) groups is 1. The smallest absolute Gasteiger partial charge is 0.324 e. The van der Waals surface area contributed by atoms with Crippen LogP contribution < -0.4 is 15.4 Å². The molecule has 2 fully saturated rings. The summed E-state index contributed by atoms with van der Waals surface area (Å²) in [5.74, 6) is -0.792. The van der Waals surface area contributed by atoms with E-state index >= 15 is 0 Å². The van der Waals surface area contributed by atoms with Crippen molar-refractivity contribution >= 4 is 28.8 Å². The maximum atomic E-state index is 13.5. The number of aromatic nitrogens is 2. The summed E-state index contributed by atoms with van der Waals surface area (Å²) in [7, 11) is 1.73. The maximum absolute atomic E-state index is 13.5. The summed E-state index contributed by atoms with van der Waals surface area (Å²) in [5, 5.41) is 11.0. The SMILES string of the molecule is CN1CCN(c2cc(N3CCOCC3)cn3c(=O)c(O)c(C4=NC=C(Cc5ccc(F)cc5)C4)nc23)C1=O. The third-order valence-corrected chi connectivity index (χ3v) is 7.17. The lowest BCUT2D eigenvalue weighted by Crippen LogP contribution is -2.37. The highest BCUT2D eigenvalue weighted by molar-refractivity contribution is 6.05. The summed E-state index contributed by atoms with van der Waals surface area (Å²) in [4.78, 5) is 40.9. The van der Waals surface area contributed by atoms with Crippen LogP contribution in [0.15, 0.2) is 58.1 Å². The summed E-state index contributed by atoms with van der Waals surface area (Å²) in [6, 6.07) is 7.95. The first kappa shape index (κ1) is 24.1. The lowest BCUT2D eigenvalue weighted by atomic mass is 10.0. The number of benzene rings is 1. The number of nitrogens with zero attached hydrogens (tertiary/aromatic N) is 6. The van der Waals surface area contributed by atoms with E-state index in [2.05, 4.69) is 9.89 Å². The fraction of sp³-hybridized carbons (Fsp3) is 0.333. The molecule has 0 radical (unpaired) electrons. The molecule has 5 heterocycles. The number of halogens is 1. The van der Waals surface area contributed by atoms with E-state index in [1.165, 1.54) is 16.5 Å². The molecule has 0 saturated carbocycles. The lowest BCUT2D eigenvalue weighted by molar-refractivity contribution is 0.122. The molecule has 196 valence electrons. The average Bonchev–Trinajstić information content (AvgIpc) is 3.53. The molecule has 1 N–H and O–H groups in total. The van der Waals surface area contributed by atoms with Crippen molar-refractivity contribution in [3.05, 3.63) is 75.7 Å². The number of likely N-dealkylation sites (N-methyl/N-ethyl adjacent to an activating group) is 1. The molecule has 2 saturated heterocycles. The minimum atomic E-state index is -0.629. The van der Waals surface area contributed by atoms with Gasteiger partial charge in [-0.15, -0.1) is 0 Å². The number of carbonyl (C=O) groups is 1. The Morgan fingerprint density at radius 3 is 2.55 bits per heavy atom. The van der Waals surface area contributed by atoms with Crippen LogP contribution in [0.5, 0.6) is 5.75 Å². The van der Waals surface area contributed by atoms with Crippen molar-refractivity contribution in [2.45, 2.75) is 12.8 Å². The van der Waals surface area contributed by atoms with Crippen molar-refractivity contribution in [1.29, 1.82) is 0 Å². The molecule has 3 aliphatic heterocycles. The van der Waals surface area contributed by atoms with E-state index in [0.717, 1.165) is 16.8 Å². The number of hydrogen-bond donors (Lipinski definition) is 1. The van der Waals surface area contributed by atoms with Crippen LogP contribution in [0, 0.1) is 5.82 Å². The molecule has 2 amide bonds. The molecule has 3 aliphatic rings. The summed E-state index contributed by atoms with van der Waals surface area (Å²) >= 11 is 0. The molecule has 0 spiro atoms. The Bertz CT molecular complexity index is 1540. The predicted molar refractivity (Wildman–Crippen MR) is 141 cm³/mol. The number of amides is 2. The summed E-state index contributed by atoms with van der Waals surface area (Å²) < 4.78 is 20.1. The molecule has 1 aromatic carbocycles. The first-order valence-corrected chi connectivity index (χ1v) is 12.5. The van der Waals surface area contributed by atoms with Gasteiger partial charge in [0.1, 0.15) is 11.5 Å². The van der Waals surface area contributed by atoms with Crippen LogP contribution in [-0.4, -0.2) is 77.6 Å². The van der Waals surface area contributed by atoms with E-state index in [1.54, 1.807) is 41.4 Å². The average molecular weight is 519 g/mol. The van der Waals surface area contributed by atoms with Gasteiger partial charge in [0.2, 0.25) is 5.75 Å². The number of fused-ring (bicyclic) bond motifs is 1. The van der Waals surface area contributed by atoms with Gasteiger partial charge in [0, 0.05) is 52.0 Å². The van der Waals surface area contributed by atoms with E-state index < -0.39 is 11.3 Å². The van der Waals surface area contributed by atoms with Crippen molar-refractivity contribution in [3.63, 3.8) is 0 Å². The zero-order valence-electron chi connectivity index (χ0n) is 20.9. The third-order valence-electron chi connectivity index (χ3n) is 7.17. The van der Waals surface area contributed by atoms with Crippen LogP contribution in [0.4, 0.5) is 20.6 Å². The van der Waals surface area contributed by atoms with Crippen molar-refractivity contribution in [2.24, 2.45) is 4.99 Å². The predicted octanol–water partition coefficient (Wildman–Crippen LogP) is 2.57. The highest BCUT2D eigenvalue weighted by Gasteiger charge is 2.31. The Hall–Kier alpha value is -4.25. The minimum Gasteiger partial charge on any atom is -0.501 e. The first-order valence-electron chi connectivity index (χ1n) is 12.5. The van der Waals surface area contributed by atoms with Gasteiger partial charge in [-0.25, -0.2) is 14.2 Å². The fourth-order valence-corrected chi connectivity index (χ4v) is 5.06. The molecule has 2 aromatic heterocycles. The number of carbonyl (C=O) groups excluding carboxylic acids is 1. The van der Waals surface area contributed by atoms with Gasteiger partial charge in [0.05, 0.1) is 30.3 Å². The summed E-state index contributed by atoms with van der Waals surface area (Å²) in [6.45, 7) is 3.40. The lowest BCUT2D eigenvalue weighted by Gasteiger charge is -2.30. The second kappa shape index (κ2) is 9.56. The number of rotatable bonds is 5.